The van der Waals surface area contributed by atoms with Crippen LogP contribution in [0, 0.1) is 13.8 Å². The highest BCUT2D eigenvalue weighted by atomic mass is 16.5. The Morgan fingerprint density at radius 2 is 1.93 bits per heavy atom. The summed E-state index contributed by atoms with van der Waals surface area (Å²) in [6.07, 6.45) is 2.49. The summed E-state index contributed by atoms with van der Waals surface area (Å²) in [6, 6.07) is 6.28. The van der Waals surface area contributed by atoms with Gasteiger partial charge >= 0.3 is 0 Å². The lowest BCUT2D eigenvalue weighted by Gasteiger charge is -2.25. The molecule has 0 radical (unpaired) electrons. The summed E-state index contributed by atoms with van der Waals surface area (Å²) >= 11 is 0. The first-order valence-electron chi connectivity index (χ1n) is 9.37. The molecule has 2 aromatic rings. The van der Waals surface area contributed by atoms with Gasteiger partial charge in [0.05, 0.1) is 5.69 Å². The van der Waals surface area contributed by atoms with E-state index in [0.717, 1.165) is 43.0 Å². The van der Waals surface area contributed by atoms with E-state index < -0.39 is 5.91 Å². The maximum atomic E-state index is 11.9. The van der Waals surface area contributed by atoms with Crippen molar-refractivity contribution in [3.8, 4) is 0 Å². The molecule has 1 aliphatic heterocycles. The van der Waals surface area contributed by atoms with E-state index in [9.17, 15) is 4.79 Å². The second kappa shape index (κ2) is 8.35. The summed E-state index contributed by atoms with van der Waals surface area (Å²) in [5.74, 6) is 0.472. The fourth-order valence-electron chi connectivity index (χ4n) is 3.08. The van der Waals surface area contributed by atoms with Gasteiger partial charge in [0.25, 0.3) is 5.91 Å². The third-order valence-electron chi connectivity index (χ3n) is 4.87. The Bertz CT molecular complexity index is 831. The predicted molar refractivity (Wildman–Crippen MR) is 107 cm³/mol. The van der Waals surface area contributed by atoms with E-state index >= 15 is 0 Å². The topological polar surface area (TPSA) is 102 Å². The van der Waals surface area contributed by atoms with Crippen molar-refractivity contribution in [1.29, 1.82) is 0 Å². The van der Waals surface area contributed by atoms with E-state index in [-0.39, 0.29) is 11.7 Å². The first kappa shape index (κ1) is 19.1. The Hall–Kier alpha value is -2.67. The molecule has 0 aliphatic carbocycles. The largest absolute Gasteiger partial charge is 0.381 e. The molecule has 1 fully saturated rings. The van der Waals surface area contributed by atoms with Crippen LogP contribution in [-0.2, 0) is 11.2 Å². The number of aryl methyl sites for hydroxylation is 3. The third kappa shape index (κ3) is 4.54. The van der Waals surface area contributed by atoms with Crippen LogP contribution in [0.4, 0.5) is 17.3 Å². The Morgan fingerprint density at radius 1 is 1.19 bits per heavy atom. The number of nitrogens with zero attached hydrogens (tertiary/aromatic N) is 2. The maximum Gasteiger partial charge on any atom is 0.271 e. The van der Waals surface area contributed by atoms with Gasteiger partial charge < -0.3 is 21.1 Å². The van der Waals surface area contributed by atoms with Gasteiger partial charge in [0, 0.05) is 24.9 Å². The summed E-state index contributed by atoms with van der Waals surface area (Å²) in [4.78, 5) is 21.1. The van der Waals surface area contributed by atoms with Crippen LogP contribution in [0.2, 0.25) is 0 Å². The first-order valence-corrected chi connectivity index (χ1v) is 9.37. The number of amides is 1. The van der Waals surface area contributed by atoms with Crippen LogP contribution >= 0.6 is 0 Å². The Balaban J connectivity index is 1.95. The average molecular weight is 369 g/mol. The van der Waals surface area contributed by atoms with E-state index in [0.29, 0.717) is 18.1 Å². The first-order chi connectivity index (χ1) is 13.0. The van der Waals surface area contributed by atoms with Crippen molar-refractivity contribution in [2.75, 3.05) is 23.8 Å². The van der Waals surface area contributed by atoms with Gasteiger partial charge in [0.15, 0.2) is 17.3 Å². The number of primary amides is 1. The molecule has 2 heterocycles. The van der Waals surface area contributed by atoms with Crippen LogP contribution in [0.15, 0.2) is 18.2 Å². The molecule has 0 unspecified atom stereocenters. The van der Waals surface area contributed by atoms with Crippen LogP contribution < -0.4 is 16.4 Å². The number of carbonyl (C=O) groups is 1. The highest BCUT2D eigenvalue weighted by molar-refractivity contribution is 5.96. The minimum atomic E-state index is -0.596. The molecule has 144 valence electrons. The third-order valence-corrected chi connectivity index (χ3v) is 4.87. The number of nitrogens with two attached hydrogens (primary N) is 1. The van der Waals surface area contributed by atoms with Gasteiger partial charge in [-0.15, -0.1) is 0 Å². The van der Waals surface area contributed by atoms with Gasteiger partial charge in [-0.3, -0.25) is 4.79 Å². The number of rotatable bonds is 6. The van der Waals surface area contributed by atoms with Crippen LogP contribution in [0.5, 0.6) is 0 Å². The molecule has 1 saturated heterocycles. The lowest BCUT2D eigenvalue weighted by molar-refractivity contribution is 0.0903. The fraction of sp³-hybridized carbons (Fsp3) is 0.450. The van der Waals surface area contributed by atoms with Crippen LogP contribution in [-0.4, -0.2) is 35.1 Å². The van der Waals surface area contributed by atoms with E-state index in [1.807, 2.05) is 32.0 Å². The molecule has 4 N–H and O–H groups in total. The Kier molecular flexibility index (Phi) is 5.91. The van der Waals surface area contributed by atoms with E-state index in [1.54, 1.807) is 0 Å². The van der Waals surface area contributed by atoms with Crippen molar-refractivity contribution in [3.05, 3.63) is 40.7 Å². The maximum absolute atomic E-state index is 11.9. The zero-order valence-electron chi connectivity index (χ0n) is 16.1. The average Bonchev–Trinajstić information content (AvgIpc) is 2.65. The molecule has 0 bridgehead atoms. The smallest absolute Gasteiger partial charge is 0.271 e. The van der Waals surface area contributed by atoms with Gasteiger partial charge in [0.1, 0.15) is 0 Å². The highest BCUT2D eigenvalue weighted by Crippen LogP contribution is 2.25. The summed E-state index contributed by atoms with van der Waals surface area (Å²) in [7, 11) is 0. The number of anilines is 3. The Morgan fingerprint density at radius 3 is 2.56 bits per heavy atom. The second-order valence-corrected chi connectivity index (χ2v) is 6.89. The summed E-state index contributed by atoms with van der Waals surface area (Å²) in [5.41, 5.74) is 9.65. The molecule has 1 aliphatic rings. The lowest BCUT2D eigenvalue weighted by Crippen LogP contribution is -2.29. The van der Waals surface area contributed by atoms with E-state index in [4.69, 9.17) is 10.5 Å². The van der Waals surface area contributed by atoms with Gasteiger partial charge in [-0.25, -0.2) is 9.97 Å². The molecule has 7 heteroatoms. The molecule has 27 heavy (non-hydrogen) atoms. The summed E-state index contributed by atoms with van der Waals surface area (Å²) < 4.78 is 5.42. The number of ether oxygens (including phenoxy) is 1. The van der Waals surface area contributed by atoms with Crippen molar-refractivity contribution >= 4 is 23.2 Å². The van der Waals surface area contributed by atoms with Crippen molar-refractivity contribution in [2.45, 2.75) is 46.1 Å². The molecule has 3 rings (SSSR count). The van der Waals surface area contributed by atoms with Gasteiger partial charge in [-0.2, -0.15) is 0 Å². The number of carbonyl (C=O) groups excluding carboxylic acids is 1. The minimum absolute atomic E-state index is 0.155. The van der Waals surface area contributed by atoms with Crippen molar-refractivity contribution in [1.82, 2.24) is 9.97 Å². The van der Waals surface area contributed by atoms with Crippen LogP contribution in [0.25, 0.3) is 0 Å². The Labute approximate surface area is 159 Å². The number of nitrogens with one attached hydrogen (secondary N) is 2. The lowest BCUT2D eigenvalue weighted by atomic mass is 10.1. The van der Waals surface area contributed by atoms with Crippen LogP contribution in [0.3, 0.4) is 0 Å². The van der Waals surface area contributed by atoms with Gasteiger partial charge in [-0.1, -0.05) is 13.0 Å². The molecule has 7 nitrogen and oxygen atoms in total. The molecular formula is C20H27N5O2. The van der Waals surface area contributed by atoms with Crippen LogP contribution in [0.1, 0.15) is 47.1 Å². The predicted octanol–water partition coefficient (Wildman–Crippen LogP) is 3.09. The molecule has 0 spiro atoms. The molecule has 0 saturated carbocycles. The summed E-state index contributed by atoms with van der Waals surface area (Å²) in [6.45, 7) is 7.55. The molecule has 1 aromatic heterocycles. The number of benzene rings is 1. The van der Waals surface area contributed by atoms with Crippen molar-refractivity contribution < 1.29 is 9.53 Å². The fourth-order valence-corrected chi connectivity index (χ4v) is 3.08. The molecule has 0 atom stereocenters. The van der Waals surface area contributed by atoms with Crippen molar-refractivity contribution in [3.63, 3.8) is 0 Å². The van der Waals surface area contributed by atoms with E-state index in [2.05, 4.69) is 27.5 Å². The molecular weight excluding hydrogens is 342 g/mol. The quantitative estimate of drug-likeness (QED) is 0.723. The second-order valence-electron chi connectivity index (χ2n) is 6.89. The molecule has 1 aromatic carbocycles. The number of hydrogen-bond donors (Lipinski definition) is 3. The number of aromatic nitrogens is 2. The SMILES string of the molecule is CCc1nc(C(N)=O)c(Nc2ccc(C)c(C)c2)nc1NC1CCOCC1. The van der Waals surface area contributed by atoms with Gasteiger partial charge in [0.2, 0.25) is 0 Å². The van der Waals surface area contributed by atoms with Gasteiger partial charge in [-0.05, 0) is 56.4 Å². The zero-order valence-corrected chi connectivity index (χ0v) is 16.1. The minimum Gasteiger partial charge on any atom is -0.381 e. The van der Waals surface area contributed by atoms with Crippen molar-refractivity contribution in [2.24, 2.45) is 5.73 Å². The normalized spacial score (nSPS) is 14.8. The molecule has 1 amide bonds. The number of hydrogen-bond acceptors (Lipinski definition) is 6. The standard InChI is InChI=1S/C20H27N5O2/c1-4-16-19(22-14-7-9-27-10-8-14)25-20(17(24-16)18(21)26)23-15-6-5-12(2)13(3)11-15/h5-6,11,14H,4,7-10H2,1-3H3,(H2,21,26)(H2,22,23,25). The highest BCUT2D eigenvalue weighted by Gasteiger charge is 2.20. The summed E-state index contributed by atoms with van der Waals surface area (Å²) in [5, 5.41) is 6.68. The monoisotopic (exact) mass is 369 g/mol. The van der Waals surface area contributed by atoms with E-state index in [1.165, 1.54) is 5.56 Å². The zero-order chi connectivity index (χ0) is 19.4.